The van der Waals surface area contributed by atoms with Crippen molar-refractivity contribution in [3.05, 3.63) is 40.7 Å². The molecule has 7 nitrogen and oxygen atoms in total. The van der Waals surface area contributed by atoms with E-state index in [0.29, 0.717) is 10.7 Å². The Morgan fingerprint density at radius 1 is 1.30 bits per heavy atom. The highest BCUT2D eigenvalue weighted by atomic mass is 35.5. The van der Waals surface area contributed by atoms with Crippen LogP contribution in [-0.4, -0.2) is 28.8 Å². The lowest BCUT2D eigenvalue weighted by Crippen LogP contribution is -2.14. The summed E-state index contributed by atoms with van der Waals surface area (Å²) in [5, 5.41) is 4.47. The lowest BCUT2D eigenvalue weighted by Gasteiger charge is -2.06. The van der Waals surface area contributed by atoms with Gasteiger partial charge in [0, 0.05) is 5.02 Å². The third-order valence-corrected chi connectivity index (χ3v) is 2.86. The highest BCUT2D eigenvalue weighted by Crippen LogP contribution is 2.22. The van der Waals surface area contributed by atoms with Crippen molar-refractivity contribution < 1.29 is 14.3 Å². The molecule has 0 unspecified atom stereocenters. The second-order valence-electron chi connectivity index (χ2n) is 3.85. The van der Waals surface area contributed by atoms with E-state index in [2.05, 4.69) is 9.84 Å². The van der Waals surface area contributed by atoms with Crippen LogP contribution in [0.25, 0.3) is 5.69 Å². The van der Waals surface area contributed by atoms with Crippen molar-refractivity contribution in [1.29, 1.82) is 0 Å². The van der Waals surface area contributed by atoms with Crippen LogP contribution in [0.4, 0.5) is 5.69 Å². The maximum absolute atomic E-state index is 11.8. The summed E-state index contributed by atoms with van der Waals surface area (Å²) in [7, 11) is 1.20. The lowest BCUT2D eigenvalue weighted by atomic mass is 10.2. The Bertz CT molecular complexity index is 679. The van der Waals surface area contributed by atoms with Crippen LogP contribution >= 0.6 is 11.6 Å². The molecule has 20 heavy (non-hydrogen) atoms. The molecule has 0 aliphatic carbocycles. The number of hydrogen-bond acceptors (Lipinski definition) is 5. The minimum Gasteiger partial charge on any atom is -0.464 e. The van der Waals surface area contributed by atoms with Crippen LogP contribution in [0.5, 0.6) is 0 Å². The second kappa shape index (κ2) is 5.22. The Hall–Kier alpha value is -2.54. The zero-order chi connectivity index (χ0) is 14.9. The van der Waals surface area contributed by atoms with Crippen molar-refractivity contribution in [3.63, 3.8) is 0 Å². The van der Waals surface area contributed by atoms with Gasteiger partial charge in [0.05, 0.1) is 18.5 Å². The van der Waals surface area contributed by atoms with E-state index in [0.717, 1.165) is 0 Å². The molecule has 1 aromatic carbocycles. The SMILES string of the molecule is COC(=O)c1c(N)c(C(N)=O)nn1-c1ccc(Cl)cc1. The molecule has 1 aromatic heterocycles. The number of rotatable bonds is 3. The summed E-state index contributed by atoms with van der Waals surface area (Å²) in [6, 6.07) is 6.46. The van der Waals surface area contributed by atoms with Crippen LogP contribution in [0.3, 0.4) is 0 Å². The van der Waals surface area contributed by atoms with Gasteiger partial charge in [-0.1, -0.05) is 11.6 Å². The number of anilines is 1. The van der Waals surface area contributed by atoms with E-state index in [1.807, 2.05) is 0 Å². The van der Waals surface area contributed by atoms with Gasteiger partial charge >= 0.3 is 5.97 Å². The number of amides is 1. The predicted molar refractivity (Wildman–Crippen MR) is 72.8 cm³/mol. The zero-order valence-electron chi connectivity index (χ0n) is 10.5. The second-order valence-corrected chi connectivity index (χ2v) is 4.29. The molecule has 8 heteroatoms. The summed E-state index contributed by atoms with van der Waals surface area (Å²) in [5.74, 6) is -1.56. The molecule has 2 rings (SSSR count). The number of nitrogen functional groups attached to an aromatic ring is 1. The van der Waals surface area contributed by atoms with Gasteiger partial charge in [-0.3, -0.25) is 4.79 Å². The van der Waals surface area contributed by atoms with Crippen LogP contribution in [0.1, 0.15) is 21.0 Å². The van der Waals surface area contributed by atoms with Gasteiger partial charge in [0.15, 0.2) is 11.4 Å². The number of nitrogens with two attached hydrogens (primary N) is 2. The van der Waals surface area contributed by atoms with E-state index in [4.69, 9.17) is 23.1 Å². The first-order chi connectivity index (χ1) is 9.45. The normalized spacial score (nSPS) is 10.3. The summed E-state index contributed by atoms with van der Waals surface area (Å²) in [5.41, 5.74) is 11.0. The van der Waals surface area contributed by atoms with E-state index in [-0.39, 0.29) is 17.1 Å². The molecule has 104 valence electrons. The number of hydrogen-bond donors (Lipinski definition) is 2. The summed E-state index contributed by atoms with van der Waals surface area (Å²) in [6.07, 6.45) is 0. The number of primary amides is 1. The Morgan fingerprint density at radius 2 is 1.90 bits per heavy atom. The molecule has 0 fully saturated rings. The highest BCUT2D eigenvalue weighted by molar-refractivity contribution is 6.30. The van der Waals surface area contributed by atoms with Crippen LogP contribution in [0, 0.1) is 0 Å². The van der Waals surface area contributed by atoms with E-state index < -0.39 is 11.9 Å². The van der Waals surface area contributed by atoms with E-state index >= 15 is 0 Å². The Balaban J connectivity index is 2.68. The van der Waals surface area contributed by atoms with E-state index in [1.54, 1.807) is 24.3 Å². The minimum atomic E-state index is -0.833. The average Bonchev–Trinajstić information content (AvgIpc) is 2.76. The van der Waals surface area contributed by atoms with Crippen molar-refractivity contribution in [2.45, 2.75) is 0 Å². The highest BCUT2D eigenvalue weighted by Gasteiger charge is 2.25. The van der Waals surface area contributed by atoms with Gasteiger partial charge < -0.3 is 16.2 Å². The molecule has 0 radical (unpaired) electrons. The Morgan fingerprint density at radius 3 is 2.40 bits per heavy atom. The molecular formula is C12H11ClN4O3. The van der Waals surface area contributed by atoms with Crippen LogP contribution in [-0.2, 0) is 4.74 Å². The van der Waals surface area contributed by atoms with Gasteiger partial charge in [0.1, 0.15) is 0 Å². The molecule has 0 spiro atoms. The third kappa shape index (κ3) is 2.30. The van der Waals surface area contributed by atoms with Crippen LogP contribution in [0.2, 0.25) is 5.02 Å². The standard InChI is InChI=1S/C12H11ClN4O3/c1-20-12(19)10-8(14)9(11(15)18)16-17(10)7-4-2-6(13)3-5-7/h2-5H,14H2,1H3,(H2,15,18). The first kappa shape index (κ1) is 13.9. The summed E-state index contributed by atoms with van der Waals surface area (Å²) < 4.78 is 5.83. The number of benzene rings is 1. The first-order valence-corrected chi connectivity index (χ1v) is 5.86. The van der Waals surface area contributed by atoms with Gasteiger partial charge in [0.2, 0.25) is 0 Å². The molecule has 2 aromatic rings. The number of ether oxygens (including phenoxy) is 1. The minimum absolute atomic E-state index is 0.0661. The van der Waals surface area contributed by atoms with Gasteiger partial charge in [-0.15, -0.1) is 0 Å². The summed E-state index contributed by atoms with van der Waals surface area (Å²) in [4.78, 5) is 23.1. The quantitative estimate of drug-likeness (QED) is 0.820. The fraction of sp³-hybridized carbons (Fsp3) is 0.0833. The lowest BCUT2D eigenvalue weighted by molar-refractivity contribution is 0.0591. The number of aromatic nitrogens is 2. The van der Waals surface area contributed by atoms with Gasteiger partial charge in [0.25, 0.3) is 5.91 Å². The molecule has 0 atom stereocenters. The van der Waals surface area contributed by atoms with Crippen molar-refractivity contribution in [3.8, 4) is 5.69 Å². The number of carbonyl (C=O) groups excluding carboxylic acids is 2. The first-order valence-electron chi connectivity index (χ1n) is 5.48. The number of carbonyl (C=O) groups is 2. The van der Waals surface area contributed by atoms with Gasteiger partial charge in [-0.2, -0.15) is 5.10 Å². The topological polar surface area (TPSA) is 113 Å². The average molecular weight is 295 g/mol. The maximum atomic E-state index is 11.8. The largest absolute Gasteiger partial charge is 0.464 e. The predicted octanol–water partition coefficient (Wildman–Crippen LogP) is 0.993. The fourth-order valence-corrected chi connectivity index (χ4v) is 1.80. The number of methoxy groups -OCH3 is 1. The molecule has 4 N–H and O–H groups in total. The fourth-order valence-electron chi connectivity index (χ4n) is 1.67. The smallest absolute Gasteiger partial charge is 0.358 e. The molecule has 0 saturated heterocycles. The maximum Gasteiger partial charge on any atom is 0.358 e. The van der Waals surface area contributed by atoms with Crippen LogP contribution < -0.4 is 11.5 Å². The Kier molecular flexibility index (Phi) is 3.62. The van der Waals surface area contributed by atoms with Crippen molar-refractivity contribution in [2.24, 2.45) is 5.73 Å². The Labute approximate surface area is 119 Å². The third-order valence-electron chi connectivity index (χ3n) is 2.61. The van der Waals surface area contributed by atoms with Crippen molar-refractivity contribution in [2.75, 3.05) is 12.8 Å². The van der Waals surface area contributed by atoms with Crippen molar-refractivity contribution in [1.82, 2.24) is 9.78 Å². The molecule has 0 aliphatic rings. The molecular weight excluding hydrogens is 284 g/mol. The summed E-state index contributed by atoms with van der Waals surface area (Å²) >= 11 is 5.80. The number of esters is 1. The zero-order valence-corrected chi connectivity index (χ0v) is 11.2. The molecule has 0 aliphatic heterocycles. The van der Waals surface area contributed by atoms with E-state index in [9.17, 15) is 9.59 Å². The van der Waals surface area contributed by atoms with Gasteiger partial charge in [-0.05, 0) is 24.3 Å². The van der Waals surface area contributed by atoms with Crippen molar-refractivity contribution >= 4 is 29.2 Å². The monoisotopic (exact) mass is 294 g/mol. The summed E-state index contributed by atoms with van der Waals surface area (Å²) in [6.45, 7) is 0. The number of halogens is 1. The van der Waals surface area contributed by atoms with Crippen LogP contribution in [0.15, 0.2) is 24.3 Å². The molecule has 0 bridgehead atoms. The molecule has 1 heterocycles. The van der Waals surface area contributed by atoms with E-state index in [1.165, 1.54) is 11.8 Å². The molecule has 0 saturated carbocycles. The number of nitrogens with zero attached hydrogens (tertiary/aromatic N) is 2. The van der Waals surface area contributed by atoms with Gasteiger partial charge in [-0.25, -0.2) is 9.48 Å². The molecule has 1 amide bonds.